The van der Waals surface area contributed by atoms with Crippen molar-refractivity contribution in [3.63, 3.8) is 0 Å². The highest BCUT2D eigenvalue weighted by atomic mass is 16.5. The molecule has 2 N–H and O–H groups in total. The Labute approximate surface area is 102 Å². The monoisotopic (exact) mass is 237 g/mol. The molecule has 0 heterocycles. The molecular weight excluding hydrogens is 218 g/mol. The van der Waals surface area contributed by atoms with Crippen LogP contribution in [0.5, 0.6) is 5.75 Å². The van der Waals surface area contributed by atoms with Crippen molar-refractivity contribution < 1.29 is 14.3 Å². The molecule has 1 aromatic carbocycles. The van der Waals surface area contributed by atoms with Crippen LogP contribution in [0.25, 0.3) is 0 Å². The first-order valence-corrected chi connectivity index (χ1v) is 5.76. The van der Waals surface area contributed by atoms with E-state index in [1.54, 1.807) is 18.2 Å². The van der Waals surface area contributed by atoms with E-state index in [0.717, 1.165) is 12.8 Å². The largest absolute Gasteiger partial charge is 0.490 e. The quantitative estimate of drug-likeness (QED) is 0.631. The molecule has 0 aliphatic rings. The Morgan fingerprint density at radius 2 is 2.00 bits per heavy atom. The fourth-order valence-corrected chi connectivity index (χ4v) is 1.55. The number of ether oxygens (including phenoxy) is 2. The van der Waals surface area contributed by atoms with Gasteiger partial charge in [-0.25, -0.2) is 4.79 Å². The Morgan fingerprint density at radius 1 is 1.35 bits per heavy atom. The topological polar surface area (TPSA) is 61.5 Å². The predicted octanol–water partition coefficient (Wildman–Crippen LogP) is 2.62. The molecule has 0 aliphatic heterocycles. The normalized spacial score (nSPS) is 10.4. The van der Waals surface area contributed by atoms with E-state index in [2.05, 4.69) is 0 Å². The number of carbonyl (C=O) groups is 1. The number of hydrogen-bond acceptors (Lipinski definition) is 4. The van der Waals surface area contributed by atoms with E-state index in [1.165, 1.54) is 7.11 Å². The van der Waals surface area contributed by atoms with Crippen LogP contribution in [0, 0.1) is 0 Å². The summed E-state index contributed by atoms with van der Waals surface area (Å²) in [5, 5.41) is 0. The van der Waals surface area contributed by atoms with Crippen molar-refractivity contribution in [2.45, 2.75) is 32.8 Å². The van der Waals surface area contributed by atoms with Crippen LogP contribution in [-0.4, -0.2) is 19.2 Å². The van der Waals surface area contributed by atoms with Crippen LogP contribution in [0.15, 0.2) is 18.2 Å². The second-order valence-electron chi connectivity index (χ2n) is 3.80. The molecule has 0 atom stereocenters. The van der Waals surface area contributed by atoms with Crippen molar-refractivity contribution in [1.29, 1.82) is 0 Å². The molecule has 1 rings (SSSR count). The minimum atomic E-state index is -0.432. The minimum Gasteiger partial charge on any atom is -0.490 e. The first-order valence-electron chi connectivity index (χ1n) is 5.76. The maximum atomic E-state index is 11.6. The number of hydrogen-bond donors (Lipinski definition) is 1. The molecule has 0 spiro atoms. The summed E-state index contributed by atoms with van der Waals surface area (Å²) in [6.45, 7) is 4.09. The van der Waals surface area contributed by atoms with Crippen LogP contribution < -0.4 is 10.5 Å². The van der Waals surface area contributed by atoms with Crippen molar-refractivity contribution in [3.8, 4) is 5.75 Å². The summed E-state index contributed by atoms with van der Waals surface area (Å²) >= 11 is 0. The number of nitrogen functional groups attached to an aromatic ring is 1. The number of carbonyl (C=O) groups excluding carboxylic acids is 1. The third-order valence-electron chi connectivity index (χ3n) is 2.61. The average Bonchev–Trinajstić information content (AvgIpc) is 2.36. The van der Waals surface area contributed by atoms with Gasteiger partial charge in [0.15, 0.2) is 0 Å². The molecule has 0 saturated carbocycles. The summed E-state index contributed by atoms with van der Waals surface area (Å²) in [7, 11) is 1.34. The van der Waals surface area contributed by atoms with Gasteiger partial charge in [0.05, 0.1) is 13.2 Å². The highest BCUT2D eigenvalue weighted by Gasteiger charge is 2.16. The van der Waals surface area contributed by atoms with Crippen LogP contribution >= 0.6 is 0 Å². The third kappa shape index (κ3) is 3.37. The summed E-state index contributed by atoms with van der Waals surface area (Å²) in [5.41, 5.74) is 6.54. The number of rotatable bonds is 5. The molecule has 4 heteroatoms. The van der Waals surface area contributed by atoms with Gasteiger partial charge in [0, 0.05) is 5.69 Å². The molecular formula is C13H19NO3. The molecule has 0 aromatic heterocycles. The maximum absolute atomic E-state index is 11.6. The highest BCUT2D eigenvalue weighted by Crippen LogP contribution is 2.24. The molecule has 0 unspecified atom stereocenters. The van der Waals surface area contributed by atoms with Gasteiger partial charge in [-0.05, 0) is 31.0 Å². The van der Waals surface area contributed by atoms with Crippen LogP contribution in [0.3, 0.4) is 0 Å². The summed E-state index contributed by atoms with van der Waals surface area (Å²) in [5.74, 6) is 0.0954. The predicted molar refractivity (Wildman–Crippen MR) is 67.2 cm³/mol. The van der Waals surface area contributed by atoms with Gasteiger partial charge in [0.2, 0.25) is 0 Å². The number of anilines is 1. The van der Waals surface area contributed by atoms with Crippen LogP contribution in [0.1, 0.15) is 37.0 Å². The molecule has 4 nitrogen and oxygen atoms in total. The molecule has 0 bridgehead atoms. The van der Waals surface area contributed by atoms with Gasteiger partial charge in [0.1, 0.15) is 11.3 Å². The zero-order valence-corrected chi connectivity index (χ0v) is 10.5. The average molecular weight is 237 g/mol. The second-order valence-corrected chi connectivity index (χ2v) is 3.80. The molecule has 17 heavy (non-hydrogen) atoms. The lowest BCUT2D eigenvalue weighted by Gasteiger charge is -2.17. The fourth-order valence-electron chi connectivity index (χ4n) is 1.55. The van der Waals surface area contributed by atoms with E-state index < -0.39 is 5.97 Å². The standard InChI is InChI=1S/C13H19NO3/c1-4-10(5-2)17-12-7-6-9(14)8-11(12)13(15)16-3/h6-8,10H,4-5,14H2,1-3H3. The number of benzene rings is 1. The Hall–Kier alpha value is -1.71. The smallest absolute Gasteiger partial charge is 0.341 e. The third-order valence-corrected chi connectivity index (χ3v) is 2.61. The summed E-state index contributed by atoms with van der Waals surface area (Å²) in [6, 6.07) is 4.99. The molecule has 0 amide bonds. The zero-order valence-electron chi connectivity index (χ0n) is 10.5. The van der Waals surface area contributed by atoms with Crippen LogP contribution in [0.2, 0.25) is 0 Å². The van der Waals surface area contributed by atoms with Crippen LogP contribution in [0.4, 0.5) is 5.69 Å². The van der Waals surface area contributed by atoms with Gasteiger partial charge in [-0.15, -0.1) is 0 Å². The van der Waals surface area contributed by atoms with E-state index >= 15 is 0 Å². The van der Waals surface area contributed by atoms with Gasteiger partial charge in [0.25, 0.3) is 0 Å². The van der Waals surface area contributed by atoms with Gasteiger partial charge in [-0.3, -0.25) is 0 Å². The molecule has 0 aliphatic carbocycles. The van der Waals surface area contributed by atoms with Gasteiger partial charge < -0.3 is 15.2 Å². The summed E-state index contributed by atoms with van der Waals surface area (Å²) in [4.78, 5) is 11.6. The first kappa shape index (κ1) is 13.4. The number of methoxy groups -OCH3 is 1. The zero-order chi connectivity index (χ0) is 12.8. The van der Waals surface area contributed by atoms with Crippen molar-refractivity contribution in [1.82, 2.24) is 0 Å². The van der Waals surface area contributed by atoms with E-state index in [1.807, 2.05) is 13.8 Å². The summed E-state index contributed by atoms with van der Waals surface area (Å²) < 4.78 is 10.5. The lowest BCUT2D eigenvalue weighted by atomic mass is 10.1. The van der Waals surface area contributed by atoms with Crippen LogP contribution in [-0.2, 0) is 4.74 Å². The maximum Gasteiger partial charge on any atom is 0.341 e. The van der Waals surface area contributed by atoms with E-state index in [9.17, 15) is 4.79 Å². The lowest BCUT2D eigenvalue weighted by molar-refractivity contribution is 0.0592. The van der Waals surface area contributed by atoms with Crippen molar-refractivity contribution >= 4 is 11.7 Å². The van der Waals surface area contributed by atoms with Crippen molar-refractivity contribution in [3.05, 3.63) is 23.8 Å². The minimum absolute atomic E-state index is 0.0991. The van der Waals surface area contributed by atoms with Gasteiger partial charge in [-0.2, -0.15) is 0 Å². The second kappa shape index (κ2) is 6.13. The highest BCUT2D eigenvalue weighted by molar-refractivity contribution is 5.93. The van der Waals surface area contributed by atoms with Gasteiger partial charge >= 0.3 is 5.97 Å². The molecule has 94 valence electrons. The number of nitrogens with two attached hydrogens (primary N) is 1. The Morgan fingerprint density at radius 3 is 2.53 bits per heavy atom. The van der Waals surface area contributed by atoms with Gasteiger partial charge in [-0.1, -0.05) is 13.8 Å². The van der Waals surface area contributed by atoms with Crippen molar-refractivity contribution in [2.75, 3.05) is 12.8 Å². The molecule has 0 fully saturated rings. The lowest BCUT2D eigenvalue weighted by Crippen LogP contribution is -2.16. The molecule has 0 saturated heterocycles. The fraction of sp³-hybridized carbons (Fsp3) is 0.462. The molecule has 0 radical (unpaired) electrons. The number of esters is 1. The van der Waals surface area contributed by atoms with E-state index in [0.29, 0.717) is 17.0 Å². The SMILES string of the molecule is CCC(CC)Oc1ccc(N)cc1C(=O)OC. The van der Waals surface area contributed by atoms with E-state index in [-0.39, 0.29) is 6.10 Å². The molecule has 1 aromatic rings. The van der Waals surface area contributed by atoms with Crippen molar-refractivity contribution in [2.24, 2.45) is 0 Å². The first-order chi connectivity index (χ1) is 8.12. The Kier molecular flexibility index (Phi) is 4.82. The summed E-state index contributed by atoms with van der Waals surface area (Å²) in [6.07, 6.45) is 1.88. The van der Waals surface area contributed by atoms with E-state index in [4.69, 9.17) is 15.2 Å². The Bertz CT molecular complexity index is 386. The Balaban J connectivity index is 3.01.